The Morgan fingerprint density at radius 3 is 2.22 bits per heavy atom. The highest BCUT2D eigenvalue weighted by molar-refractivity contribution is 5.13. The third-order valence-corrected chi connectivity index (χ3v) is 8.13. The van der Waals surface area contributed by atoms with Crippen LogP contribution in [-0.2, 0) is 6.54 Å². The third-order valence-electron chi connectivity index (χ3n) is 8.13. The summed E-state index contributed by atoms with van der Waals surface area (Å²) >= 11 is 0. The molecule has 2 bridgehead atoms. The number of piperidine rings is 1. The number of nitrogens with one attached hydrogen (secondary N) is 3. The van der Waals surface area contributed by atoms with E-state index in [1.807, 2.05) is 9.80 Å². The van der Waals surface area contributed by atoms with Crippen molar-refractivity contribution in [1.82, 2.24) is 0 Å². The molecule has 0 unspecified atom stereocenters. The fourth-order valence-corrected chi connectivity index (χ4v) is 6.53. The molecule has 3 heteroatoms. The van der Waals surface area contributed by atoms with Gasteiger partial charge in [0.15, 0.2) is 0 Å². The highest BCUT2D eigenvalue weighted by atomic mass is 15.3. The molecule has 4 aliphatic rings. The van der Waals surface area contributed by atoms with E-state index in [0.29, 0.717) is 0 Å². The summed E-state index contributed by atoms with van der Waals surface area (Å²) in [6, 6.07) is 12.0. The highest BCUT2D eigenvalue weighted by Crippen LogP contribution is 2.42. The second-order valence-corrected chi connectivity index (χ2v) is 9.84. The van der Waals surface area contributed by atoms with Crippen LogP contribution in [-0.4, -0.2) is 51.9 Å². The molecule has 2 aliphatic carbocycles. The molecule has 1 saturated carbocycles. The van der Waals surface area contributed by atoms with Crippen molar-refractivity contribution in [3.63, 3.8) is 0 Å². The zero-order valence-electron chi connectivity index (χ0n) is 16.8. The van der Waals surface area contributed by atoms with E-state index >= 15 is 0 Å². The van der Waals surface area contributed by atoms with Gasteiger partial charge in [-0.05, 0) is 24.7 Å². The predicted octanol–water partition coefficient (Wildman–Crippen LogP) is -0.770. The van der Waals surface area contributed by atoms with Crippen molar-refractivity contribution >= 4 is 0 Å². The van der Waals surface area contributed by atoms with Crippen LogP contribution in [0.25, 0.3) is 0 Å². The van der Waals surface area contributed by atoms with Gasteiger partial charge in [-0.3, -0.25) is 0 Å². The number of benzene rings is 1. The van der Waals surface area contributed by atoms with E-state index in [1.165, 1.54) is 83.6 Å². The topological polar surface area (TPSA) is 13.3 Å². The van der Waals surface area contributed by atoms with Gasteiger partial charge in [0, 0.05) is 24.3 Å². The summed E-state index contributed by atoms with van der Waals surface area (Å²) in [6.07, 6.45) is 10.9. The molecule has 0 radical (unpaired) electrons. The number of hydrogen-bond acceptors (Lipinski definition) is 0. The van der Waals surface area contributed by atoms with Gasteiger partial charge in [-0.2, -0.15) is 0 Å². The molecule has 5 rings (SSSR count). The van der Waals surface area contributed by atoms with E-state index in [2.05, 4.69) is 42.5 Å². The van der Waals surface area contributed by atoms with Crippen molar-refractivity contribution in [3.05, 3.63) is 48.0 Å². The monoisotopic (exact) mass is 368 g/mol. The molecule has 3 fully saturated rings. The Balaban J connectivity index is 1.04. The second-order valence-electron chi connectivity index (χ2n) is 9.84. The second kappa shape index (κ2) is 8.06. The number of likely N-dealkylation sites (tertiary alicyclic amines) is 1. The Bertz CT molecular complexity index is 626. The molecule has 3 N–H and O–H groups in total. The summed E-state index contributed by atoms with van der Waals surface area (Å²) in [4.78, 5) is 5.64. The average molecular weight is 369 g/mol. The normalized spacial score (nSPS) is 41.1. The molecule has 1 aromatic rings. The van der Waals surface area contributed by atoms with Crippen molar-refractivity contribution in [1.29, 1.82) is 0 Å². The van der Waals surface area contributed by atoms with Gasteiger partial charge in [-0.25, -0.2) is 0 Å². The van der Waals surface area contributed by atoms with Crippen LogP contribution >= 0.6 is 0 Å². The molecule has 146 valence electrons. The minimum absolute atomic E-state index is 0.937. The van der Waals surface area contributed by atoms with Crippen molar-refractivity contribution in [3.8, 4) is 0 Å². The maximum absolute atomic E-state index is 2.53. The Kier molecular flexibility index (Phi) is 5.35. The Hall–Kier alpha value is -1.16. The Morgan fingerprint density at radius 2 is 1.56 bits per heavy atom. The predicted molar refractivity (Wildman–Crippen MR) is 109 cm³/mol. The number of allylic oxidation sites excluding steroid dienone is 2. The van der Waals surface area contributed by atoms with Crippen LogP contribution in [0.4, 0.5) is 0 Å². The lowest BCUT2D eigenvalue weighted by molar-refractivity contribution is -1.04. The first-order valence-corrected chi connectivity index (χ1v) is 11.6. The minimum Gasteiger partial charge on any atom is -0.334 e. The van der Waals surface area contributed by atoms with Gasteiger partial charge in [0.1, 0.15) is 32.7 Å². The third kappa shape index (κ3) is 4.16. The summed E-state index contributed by atoms with van der Waals surface area (Å²) in [5.74, 6) is 2.88. The molecular weight excluding hydrogens is 330 g/mol. The van der Waals surface area contributed by atoms with Crippen LogP contribution in [0.5, 0.6) is 0 Å². The SMILES string of the molecule is C1=C[C@H]2C[C@@H]1C[C@H]2C[NH+]1CCC([NH+]2CC[NH+](Cc3ccccc3)CC2)CC1. The van der Waals surface area contributed by atoms with Crippen LogP contribution in [0.1, 0.15) is 31.2 Å². The van der Waals surface area contributed by atoms with Gasteiger partial charge < -0.3 is 14.7 Å². The minimum atomic E-state index is 0.937. The lowest BCUT2D eigenvalue weighted by Gasteiger charge is -2.38. The molecule has 0 aromatic heterocycles. The van der Waals surface area contributed by atoms with Gasteiger partial charge in [0.2, 0.25) is 0 Å². The van der Waals surface area contributed by atoms with Crippen molar-refractivity contribution in [2.75, 3.05) is 45.8 Å². The zero-order chi connectivity index (χ0) is 18.1. The lowest BCUT2D eigenvalue weighted by Crippen LogP contribution is -3.30. The van der Waals surface area contributed by atoms with E-state index in [9.17, 15) is 0 Å². The quantitative estimate of drug-likeness (QED) is 0.565. The number of rotatable bonds is 5. The van der Waals surface area contributed by atoms with Gasteiger partial charge in [-0.15, -0.1) is 0 Å². The Labute approximate surface area is 165 Å². The first-order valence-electron chi connectivity index (χ1n) is 11.6. The van der Waals surface area contributed by atoms with Gasteiger partial charge >= 0.3 is 0 Å². The number of quaternary nitrogens is 3. The number of piperazine rings is 1. The molecule has 3 atom stereocenters. The average Bonchev–Trinajstić information content (AvgIpc) is 3.33. The molecule has 2 heterocycles. The van der Waals surface area contributed by atoms with E-state index < -0.39 is 0 Å². The molecule has 2 aliphatic heterocycles. The maximum Gasteiger partial charge on any atom is 0.127 e. The maximum atomic E-state index is 2.53. The molecule has 1 aromatic carbocycles. The van der Waals surface area contributed by atoms with Crippen LogP contribution in [0.3, 0.4) is 0 Å². The van der Waals surface area contributed by atoms with Crippen LogP contribution < -0.4 is 14.7 Å². The largest absolute Gasteiger partial charge is 0.334 e. The summed E-state index contributed by atoms with van der Waals surface area (Å²) in [5, 5.41) is 0. The van der Waals surface area contributed by atoms with Crippen LogP contribution in [0.15, 0.2) is 42.5 Å². The standard InChI is InChI=1S/C24H35N3/c1-2-4-20(5-3-1)18-26-12-14-27(15-13-26)24-8-10-25(11-9-24)19-23-17-21-6-7-22(23)16-21/h1-7,21-24H,8-19H2/p+3/t21-,22+,23+/m1/s1. The van der Waals surface area contributed by atoms with Gasteiger partial charge in [-0.1, -0.05) is 42.5 Å². The van der Waals surface area contributed by atoms with E-state index in [-0.39, 0.29) is 0 Å². The first-order chi connectivity index (χ1) is 13.3. The van der Waals surface area contributed by atoms with Gasteiger partial charge in [0.05, 0.1) is 25.7 Å². The highest BCUT2D eigenvalue weighted by Gasteiger charge is 2.39. The smallest absolute Gasteiger partial charge is 0.127 e. The fourth-order valence-electron chi connectivity index (χ4n) is 6.53. The molecule has 3 nitrogen and oxygen atoms in total. The first kappa shape index (κ1) is 17.9. The van der Waals surface area contributed by atoms with E-state index in [0.717, 1.165) is 23.8 Å². The van der Waals surface area contributed by atoms with Crippen LogP contribution in [0, 0.1) is 17.8 Å². The summed E-state index contributed by atoms with van der Waals surface area (Å²) in [6.45, 7) is 11.0. The van der Waals surface area contributed by atoms with Crippen molar-refractivity contribution in [2.24, 2.45) is 17.8 Å². The lowest BCUT2D eigenvalue weighted by atomic mass is 9.92. The molecule has 0 spiro atoms. The van der Waals surface area contributed by atoms with Crippen molar-refractivity contribution < 1.29 is 14.7 Å². The van der Waals surface area contributed by atoms with Crippen molar-refractivity contribution in [2.45, 2.75) is 38.3 Å². The summed E-state index contributed by atoms with van der Waals surface area (Å²) in [7, 11) is 0. The van der Waals surface area contributed by atoms with Crippen LogP contribution in [0.2, 0.25) is 0 Å². The number of hydrogen-bond donors (Lipinski definition) is 3. The Morgan fingerprint density at radius 1 is 0.778 bits per heavy atom. The molecule has 2 saturated heterocycles. The molecular formula is C24H38N3+3. The van der Waals surface area contributed by atoms with Gasteiger partial charge in [0.25, 0.3) is 0 Å². The fraction of sp³-hybridized carbons (Fsp3) is 0.667. The van der Waals surface area contributed by atoms with E-state index in [4.69, 9.17) is 0 Å². The number of fused-ring (bicyclic) bond motifs is 2. The summed E-state index contributed by atoms with van der Waals surface area (Å²) in [5.41, 5.74) is 1.50. The van der Waals surface area contributed by atoms with E-state index in [1.54, 1.807) is 4.90 Å². The zero-order valence-corrected chi connectivity index (χ0v) is 16.8. The molecule has 27 heavy (non-hydrogen) atoms. The summed E-state index contributed by atoms with van der Waals surface area (Å²) < 4.78 is 0. The molecule has 0 amide bonds.